The van der Waals surface area contributed by atoms with Crippen LogP contribution in [0.4, 0.5) is 0 Å². The highest BCUT2D eigenvalue weighted by molar-refractivity contribution is 5.56. The minimum Gasteiger partial charge on any atom is -0.497 e. The van der Waals surface area contributed by atoms with Gasteiger partial charge >= 0.3 is 0 Å². The number of fused-ring (bicyclic) bond motifs is 1. The van der Waals surface area contributed by atoms with E-state index in [2.05, 4.69) is 15.5 Å². The Balaban J connectivity index is 2.13. The lowest BCUT2D eigenvalue weighted by atomic mass is 10.2. The molecule has 0 aliphatic heterocycles. The second kappa shape index (κ2) is 3.94. The molecule has 0 fully saturated rings. The molecule has 3 rings (SSSR count). The van der Waals surface area contributed by atoms with Gasteiger partial charge in [-0.2, -0.15) is 4.40 Å². The number of H-pyrrole nitrogens is 1. The summed E-state index contributed by atoms with van der Waals surface area (Å²) in [5.41, 5.74) is 2.29. The average Bonchev–Trinajstić information content (AvgIpc) is 2.83. The zero-order chi connectivity index (χ0) is 11.7. The van der Waals surface area contributed by atoms with Crippen LogP contribution in [0.5, 0.6) is 5.75 Å². The molecule has 84 valence electrons. The van der Waals surface area contributed by atoms with Crippen LogP contribution in [0.1, 0.15) is 0 Å². The van der Waals surface area contributed by atoms with Gasteiger partial charge in [-0.15, -0.1) is 0 Å². The van der Waals surface area contributed by atoms with Crippen molar-refractivity contribution in [1.82, 2.24) is 4.98 Å². The van der Waals surface area contributed by atoms with Crippen LogP contribution < -0.4 is 9.14 Å². The second-order valence-corrected chi connectivity index (χ2v) is 3.86. The summed E-state index contributed by atoms with van der Waals surface area (Å²) in [4.78, 5) is 3.29. The summed E-state index contributed by atoms with van der Waals surface area (Å²) >= 11 is 0. The standard InChI is InChI=1S/C14H12N2O/c1-17-13-7-5-11(6-8-13)14-15-10-12-4-2-3-9-16(12)14/h2-10H,1H3/p+1. The number of methoxy groups -OCH3 is 1. The molecule has 0 aliphatic rings. The number of aromatic amines is 1. The van der Waals surface area contributed by atoms with Crippen molar-refractivity contribution in [3.63, 3.8) is 0 Å². The van der Waals surface area contributed by atoms with E-state index in [4.69, 9.17) is 4.74 Å². The highest BCUT2D eigenvalue weighted by Crippen LogP contribution is 2.18. The molecule has 0 aliphatic carbocycles. The molecule has 1 aromatic carbocycles. The molecule has 1 N–H and O–H groups in total. The zero-order valence-electron chi connectivity index (χ0n) is 9.55. The van der Waals surface area contributed by atoms with E-state index in [1.54, 1.807) is 7.11 Å². The minimum absolute atomic E-state index is 0.870. The monoisotopic (exact) mass is 225 g/mol. The first kappa shape index (κ1) is 9.90. The third-order valence-corrected chi connectivity index (χ3v) is 2.85. The fraction of sp³-hybridized carbons (Fsp3) is 0.0714. The van der Waals surface area contributed by atoms with E-state index >= 15 is 0 Å². The lowest BCUT2D eigenvalue weighted by Gasteiger charge is -1.99. The van der Waals surface area contributed by atoms with E-state index in [1.165, 1.54) is 0 Å². The molecule has 17 heavy (non-hydrogen) atoms. The largest absolute Gasteiger partial charge is 0.497 e. The molecule has 0 atom stereocenters. The normalized spacial score (nSPS) is 10.6. The van der Waals surface area contributed by atoms with Crippen molar-refractivity contribution in [2.75, 3.05) is 7.11 Å². The van der Waals surface area contributed by atoms with Gasteiger partial charge in [-0.25, -0.2) is 4.98 Å². The van der Waals surface area contributed by atoms with Gasteiger partial charge in [0.1, 0.15) is 11.9 Å². The maximum Gasteiger partial charge on any atom is 0.291 e. The van der Waals surface area contributed by atoms with Crippen molar-refractivity contribution >= 4 is 5.52 Å². The molecule has 0 bridgehead atoms. The zero-order valence-corrected chi connectivity index (χ0v) is 9.55. The SMILES string of the molecule is COc1ccc(-c2[nH]cc3cccc[n+]23)cc1. The Morgan fingerprint density at radius 2 is 1.88 bits per heavy atom. The van der Waals surface area contributed by atoms with Crippen LogP contribution in [-0.2, 0) is 0 Å². The first-order valence-electron chi connectivity index (χ1n) is 5.51. The molecule has 0 unspecified atom stereocenters. The van der Waals surface area contributed by atoms with Gasteiger partial charge in [0, 0.05) is 0 Å². The summed E-state index contributed by atoms with van der Waals surface area (Å²) < 4.78 is 7.28. The molecule has 2 heterocycles. The molecule has 0 radical (unpaired) electrons. The van der Waals surface area contributed by atoms with Crippen LogP contribution in [0.15, 0.2) is 54.9 Å². The summed E-state index contributed by atoms with van der Waals surface area (Å²) in [6.45, 7) is 0. The van der Waals surface area contributed by atoms with Gasteiger partial charge in [0.25, 0.3) is 5.82 Å². The fourth-order valence-electron chi connectivity index (χ4n) is 1.96. The Labute approximate surface area is 99.3 Å². The number of hydrogen-bond acceptors (Lipinski definition) is 1. The maximum atomic E-state index is 5.16. The number of benzene rings is 1. The van der Waals surface area contributed by atoms with E-state index in [9.17, 15) is 0 Å². The summed E-state index contributed by atoms with van der Waals surface area (Å²) in [6.07, 6.45) is 4.05. The molecule has 0 saturated heterocycles. The number of nitrogens with one attached hydrogen (secondary N) is 1. The lowest BCUT2D eigenvalue weighted by molar-refractivity contribution is -0.498. The van der Waals surface area contributed by atoms with Gasteiger partial charge in [-0.05, 0) is 36.4 Å². The smallest absolute Gasteiger partial charge is 0.291 e. The second-order valence-electron chi connectivity index (χ2n) is 3.86. The summed E-state index contributed by atoms with van der Waals surface area (Å²) in [5.74, 6) is 1.94. The molecule has 3 nitrogen and oxygen atoms in total. The molecule has 0 saturated carbocycles. The van der Waals surface area contributed by atoms with Gasteiger partial charge in [0.15, 0.2) is 5.52 Å². The molecular weight excluding hydrogens is 212 g/mol. The van der Waals surface area contributed by atoms with Crippen molar-refractivity contribution < 1.29 is 9.14 Å². The summed E-state index contributed by atoms with van der Waals surface area (Å²) in [5, 5.41) is 0. The number of hydrogen-bond donors (Lipinski definition) is 1. The van der Waals surface area contributed by atoms with Gasteiger partial charge in [-0.3, -0.25) is 0 Å². The van der Waals surface area contributed by atoms with Gasteiger partial charge in [0.2, 0.25) is 0 Å². The van der Waals surface area contributed by atoms with Crippen LogP contribution in [0.25, 0.3) is 16.9 Å². The Kier molecular flexibility index (Phi) is 2.29. The van der Waals surface area contributed by atoms with Crippen molar-refractivity contribution in [3.05, 3.63) is 54.9 Å². The van der Waals surface area contributed by atoms with E-state index in [1.807, 2.05) is 48.8 Å². The molecule has 3 aromatic rings. The highest BCUT2D eigenvalue weighted by Gasteiger charge is 2.12. The Morgan fingerprint density at radius 1 is 1.06 bits per heavy atom. The minimum atomic E-state index is 0.870. The number of ether oxygens (including phenoxy) is 1. The first-order chi connectivity index (χ1) is 8.38. The Morgan fingerprint density at radius 3 is 2.65 bits per heavy atom. The number of rotatable bonds is 2. The van der Waals surface area contributed by atoms with Crippen LogP contribution in [0.2, 0.25) is 0 Å². The maximum absolute atomic E-state index is 5.16. The van der Waals surface area contributed by atoms with E-state index in [-0.39, 0.29) is 0 Å². The van der Waals surface area contributed by atoms with Crippen molar-refractivity contribution in [2.45, 2.75) is 0 Å². The number of nitrogens with zero attached hydrogens (tertiary/aromatic N) is 1. The average molecular weight is 225 g/mol. The number of imidazole rings is 1. The van der Waals surface area contributed by atoms with Crippen LogP contribution in [0.3, 0.4) is 0 Å². The van der Waals surface area contributed by atoms with Gasteiger partial charge < -0.3 is 4.74 Å². The van der Waals surface area contributed by atoms with Crippen molar-refractivity contribution in [3.8, 4) is 17.1 Å². The van der Waals surface area contributed by atoms with Gasteiger partial charge in [0.05, 0.1) is 18.9 Å². The fourth-order valence-corrected chi connectivity index (χ4v) is 1.96. The third kappa shape index (κ3) is 1.65. The molecule has 0 spiro atoms. The lowest BCUT2D eigenvalue weighted by Crippen LogP contribution is -2.20. The first-order valence-corrected chi connectivity index (χ1v) is 5.51. The Bertz CT molecular complexity index is 641. The molecule has 0 amide bonds. The number of aromatic nitrogens is 2. The quantitative estimate of drug-likeness (QED) is 0.667. The predicted octanol–water partition coefficient (Wildman–Crippen LogP) is 2.43. The van der Waals surface area contributed by atoms with E-state index in [0.29, 0.717) is 0 Å². The summed E-state index contributed by atoms with van der Waals surface area (Å²) in [6, 6.07) is 14.1. The Hall–Kier alpha value is -2.29. The molecule has 2 aromatic heterocycles. The molecule has 3 heteroatoms. The molecular formula is C14H13N2O+. The topological polar surface area (TPSA) is 29.1 Å². The van der Waals surface area contributed by atoms with Gasteiger partial charge in [-0.1, -0.05) is 6.07 Å². The summed E-state index contributed by atoms with van der Waals surface area (Å²) in [7, 11) is 1.67. The third-order valence-electron chi connectivity index (χ3n) is 2.85. The number of pyridine rings is 1. The van der Waals surface area contributed by atoms with Crippen LogP contribution in [0, 0.1) is 0 Å². The van der Waals surface area contributed by atoms with Crippen molar-refractivity contribution in [1.29, 1.82) is 0 Å². The highest BCUT2D eigenvalue weighted by atomic mass is 16.5. The predicted molar refractivity (Wildman–Crippen MR) is 65.9 cm³/mol. The van der Waals surface area contributed by atoms with Crippen LogP contribution in [-0.4, -0.2) is 12.1 Å². The van der Waals surface area contributed by atoms with E-state index in [0.717, 1.165) is 22.7 Å². The van der Waals surface area contributed by atoms with E-state index < -0.39 is 0 Å². The van der Waals surface area contributed by atoms with Crippen molar-refractivity contribution in [2.24, 2.45) is 0 Å². The van der Waals surface area contributed by atoms with Crippen LogP contribution >= 0.6 is 0 Å².